The van der Waals surface area contributed by atoms with Gasteiger partial charge in [0, 0.05) is 11.8 Å². The van der Waals surface area contributed by atoms with Gasteiger partial charge in [0.05, 0.1) is 11.4 Å². The highest BCUT2D eigenvalue weighted by Crippen LogP contribution is 2.29. The number of nitrogens with zero attached hydrogens (tertiary/aromatic N) is 2. The van der Waals surface area contributed by atoms with Crippen LogP contribution in [0.5, 0.6) is 0 Å². The molecule has 23 heavy (non-hydrogen) atoms. The number of nitrogens with one attached hydrogen (secondary N) is 1. The summed E-state index contributed by atoms with van der Waals surface area (Å²) >= 11 is 4.26. The molecule has 0 spiro atoms. The van der Waals surface area contributed by atoms with E-state index in [1.807, 2.05) is 0 Å². The summed E-state index contributed by atoms with van der Waals surface area (Å²) in [7, 11) is 0. The minimum absolute atomic E-state index is 0.0550. The van der Waals surface area contributed by atoms with Gasteiger partial charge in [0.2, 0.25) is 5.91 Å². The molecule has 0 aliphatic carbocycles. The number of amides is 1. The molecule has 0 bridgehead atoms. The Bertz CT molecular complexity index is 679. The van der Waals surface area contributed by atoms with Gasteiger partial charge in [0.25, 0.3) is 0 Å². The van der Waals surface area contributed by atoms with Gasteiger partial charge in [-0.15, -0.1) is 10.2 Å². The molecule has 2 rings (SSSR count). The van der Waals surface area contributed by atoms with Gasteiger partial charge in [-0.25, -0.2) is 8.78 Å². The molecule has 0 aliphatic rings. The Hall–Kier alpha value is -1.19. The summed E-state index contributed by atoms with van der Waals surface area (Å²) in [6, 6.07) is 2.92. The van der Waals surface area contributed by atoms with E-state index >= 15 is 0 Å². The first kappa shape index (κ1) is 18.2. The van der Waals surface area contributed by atoms with Gasteiger partial charge in [-0.1, -0.05) is 48.7 Å². The molecule has 0 aliphatic heterocycles. The van der Waals surface area contributed by atoms with Gasteiger partial charge in [-0.2, -0.15) is 0 Å². The summed E-state index contributed by atoms with van der Waals surface area (Å²) in [5, 5.41) is 10.4. The van der Waals surface area contributed by atoms with Crippen molar-refractivity contribution in [1.82, 2.24) is 10.2 Å². The molecule has 0 radical (unpaired) electrons. The fraction of sp³-hybridized carbons (Fsp3) is 0.357. The lowest BCUT2D eigenvalue weighted by Gasteiger charge is -2.05. The maximum atomic E-state index is 13.4. The van der Waals surface area contributed by atoms with Crippen LogP contribution in [0, 0.1) is 17.6 Å². The smallest absolute Gasteiger partial charge is 0.234 e. The van der Waals surface area contributed by atoms with Crippen LogP contribution in [0.1, 0.15) is 13.8 Å². The summed E-state index contributed by atoms with van der Waals surface area (Å²) in [5.41, 5.74) is -0.166. The molecule has 1 N–H and O–H groups in total. The predicted octanol–water partition coefficient (Wildman–Crippen LogP) is 4.30. The molecular formula is C14H15F2N3OS3. The molecule has 1 aromatic heterocycles. The first-order chi connectivity index (χ1) is 10.9. The van der Waals surface area contributed by atoms with E-state index in [2.05, 4.69) is 29.4 Å². The molecule has 0 saturated heterocycles. The zero-order valence-corrected chi connectivity index (χ0v) is 15.0. The summed E-state index contributed by atoms with van der Waals surface area (Å²) in [5.74, 6) is -0.130. The molecule has 124 valence electrons. The van der Waals surface area contributed by atoms with Gasteiger partial charge in [-0.3, -0.25) is 4.79 Å². The van der Waals surface area contributed by atoms with Crippen LogP contribution >= 0.6 is 34.9 Å². The van der Waals surface area contributed by atoms with E-state index in [-0.39, 0.29) is 11.4 Å². The summed E-state index contributed by atoms with van der Waals surface area (Å²) in [6.07, 6.45) is 0. The summed E-state index contributed by atoms with van der Waals surface area (Å²) in [4.78, 5) is 11.8. The Morgan fingerprint density at radius 2 is 1.96 bits per heavy atom. The molecule has 4 nitrogen and oxygen atoms in total. The third kappa shape index (κ3) is 6.08. The zero-order chi connectivity index (χ0) is 16.8. The number of anilines is 1. The van der Waals surface area contributed by atoms with E-state index in [0.29, 0.717) is 10.3 Å². The monoisotopic (exact) mass is 375 g/mol. The predicted molar refractivity (Wildman–Crippen MR) is 91.2 cm³/mol. The number of carbonyl (C=O) groups is 1. The number of rotatable bonds is 7. The molecule has 1 amide bonds. The minimum atomic E-state index is -0.673. The highest BCUT2D eigenvalue weighted by atomic mass is 32.2. The standard InChI is InChI=1S/C14H15F2N3OS3/c1-8(2)6-21-13-18-19-14(23-13)22-7-12(20)17-11-5-9(15)3-4-10(11)16/h3-5,8H,6-7H2,1-2H3,(H,17,20). The van der Waals surface area contributed by atoms with E-state index in [1.54, 1.807) is 11.8 Å². The SMILES string of the molecule is CC(C)CSc1nnc(SCC(=O)Nc2cc(F)ccc2F)s1. The van der Waals surface area contributed by atoms with Gasteiger partial charge >= 0.3 is 0 Å². The van der Waals surface area contributed by atoms with Gasteiger partial charge in [-0.05, 0) is 18.1 Å². The van der Waals surface area contributed by atoms with Crippen LogP contribution in [-0.4, -0.2) is 27.6 Å². The molecule has 0 unspecified atom stereocenters. The normalized spacial score (nSPS) is 11.0. The molecule has 9 heteroatoms. The van der Waals surface area contributed by atoms with Gasteiger partial charge < -0.3 is 5.32 Å². The van der Waals surface area contributed by atoms with Crippen LogP contribution in [0.4, 0.5) is 14.5 Å². The first-order valence-electron chi connectivity index (χ1n) is 6.78. The van der Waals surface area contributed by atoms with Crippen molar-refractivity contribution in [2.75, 3.05) is 16.8 Å². The van der Waals surface area contributed by atoms with Gasteiger partial charge in [0.15, 0.2) is 8.68 Å². The van der Waals surface area contributed by atoms with Crippen molar-refractivity contribution >= 4 is 46.5 Å². The second-order valence-electron chi connectivity index (χ2n) is 5.00. The third-order valence-electron chi connectivity index (χ3n) is 2.46. The Morgan fingerprint density at radius 3 is 2.65 bits per heavy atom. The lowest BCUT2D eigenvalue weighted by Crippen LogP contribution is -2.15. The Balaban J connectivity index is 1.83. The number of aromatic nitrogens is 2. The highest BCUT2D eigenvalue weighted by Gasteiger charge is 2.11. The first-order valence-corrected chi connectivity index (χ1v) is 9.57. The van der Waals surface area contributed by atoms with E-state index in [0.717, 1.165) is 28.3 Å². The zero-order valence-electron chi connectivity index (χ0n) is 12.5. The van der Waals surface area contributed by atoms with E-state index in [9.17, 15) is 13.6 Å². The molecular weight excluding hydrogens is 360 g/mol. The number of hydrogen-bond acceptors (Lipinski definition) is 6. The van der Waals surface area contributed by atoms with E-state index in [4.69, 9.17) is 0 Å². The summed E-state index contributed by atoms with van der Waals surface area (Å²) in [6.45, 7) is 4.25. The lowest BCUT2D eigenvalue weighted by molar-refractivity contribution is -0.113. The lowest BCUT2D eigenvalue weighted by atomic mass is 10.3. The van der Waals surface area contributed by atoms with Crippen molar-refractivity contribution < 1.29 is 13.6 Å². The maximum Gasteiger partial charge on any atom is 0.234 e. The van der Waals surface area contributed by atoms with E-state index in [1.165, 1.54) is 23.1 Å². The largest absolute Gasteiger partial charge is 0.323 e. The minimum Gasteiger partial charge on any atom is -0.323 e. The third-order valence-corrected chi connectivity index (χ3v) is 6.07. The number of carbonyl (C=O) groups excluding carboxylic acids is 1. The molecule has 0 atom stereocenters. The number of benzene rings is 1. The quantitative estimate of drug-likeness (QED) is 0.732. The highest BCUT2D eigenvalue weighted by molar-refractivity contribution is 8.03. The molecule has 0 fully saturated rings. The molecule has 2 aromatic rings. The van der Waals surface area contributed by atoms with Crippen LogP contribution in [0.3, 0.4) is 0 Å². The fourth-order valence-corrected chi connectivity index (χ4v) is 4.26. The average Bonchev–Trinajstić information content (AvgIpc) is 2.95. The van der Waals surface area contributed by atoms with Crippen molar-refractivity contribution in [2.24, 2.45) is 5.92 Å². The van der Waals surface area contributed by atoms with Crippen molar-refractivity contribution in [3.05, 3.63) is 29.8 Å². The second kappa shape index (κ2) is 8.60. The Morgan fingerprint density at radius 1 is 1.26 bits per heavy atom. The van der Waals surface area contributed by atoms with Crippen molar-refractivity contribution in [1.29, 1.82) is 0 Å². The molecule has 0 saturated carbocycles. The van der Waals surface area contributed by atoms with E-state index < -0.39 is 17.5 Å². The van der Waals surface area contributed by atoms with Crippen LogP contribution in [-0.2, 0) is 4.79 Å². The maximum absolute atomic E-state index is 13.4. The topological polar surface area (TPSA) is 54.9 Å². The van der Waals surface area contributed by atoms with Crippen molar-refractivity contribution in [2.45, 2.75) is 22.5 Å². The second-order valence-corrected chi connectivity index (χ2v) is 8.47. The number of hydrogen-bond donors (Lipinski definition) is 1. The Labute approximate surface area is 145 Å². The van der Waals surface area contributed by atoms with Crippen molar-refractivity contribution in [3.8, 4) is 0 Å². The van der Waals surface area contributed by atoms with Crippen LogP contribution in [0.15, 0.2) is 26.9 Å². The summed E-state index contributed by atoms with van der Waals surface area (Å²) < 4.78 is 28.0. The number of thioether (sulfide) groups is 2. The average molecular weight is 375 g/mol. The van der Waals surface area contributed by atoms with Crippen LogP contribution in [0.2, 0.25) is 0 Å². The molecule has 1 heterocycles. The molecule has 1 aromatic carbocycles. The van der Waals surface area contributed by atoms with Crippen LogP contribution in [0.25, 0.3) is 0 Å². The fourth-order valence-electron chi connectivity index (χ4n) is 1.46. The Kier molecular flexibility index (Phi) is 6.79. The van der Waals surface area contributed by atoms with Gasteiger partial charge in [0.1, 0.15) is 11.6 Å². The van der Waals surface area contributed by atoms with Crippen molar-refractivity contribution in [3.63, 3.8) is 0 Å². The van der Waals surface area contributed by atoms with Crippen LogP contribution < -0.4 is 5.32 Å². The number of halogens is 2.